The van der Waals surface area contributed by atoms with Crippen molar-refractivity contribution in [1.82, 2.24) is 10.2 Å². The number of fused-ring (bicyclic) bond motifs is 1. The van der Waals surface area contributed by atoms with E-state index in [1.54, 1.807) is 6.20 Å². The van der Waals surface area contributed by atoms with Gasteiger partial charge in [0.2, 0.25) is 0 Å². The lowest BCUT2D eigenvalue weighted by Crippen LogP contribution is -2.06. The fourth-order valence-electron chi connectivity index (χ4n) is 1.33. The molecule has 0 aliphatic carbocycles. The number of nitrogens with one attached hydrogen (secondary N) is 1. The van der Waals surface area contributed by atoms with Crippen molar-refractivity contribution in [3.8, 4) is 5.75 Å². The highest BCUT2D eigenvalue weighted by Crippen LogP contribution is 2.22. The number of H-pyrrole nitrogens is 1. The third-order valence-electron chi connectivity index (χ3n) is 2.04. The molecule has 0 amide bonds. The van der Waals surface area contributed by atoms with Crippen molar-refractivity contribution in [2.45, 2.75) is 6.42 Å². The molecule has 0 saturated heterocycles. The number of benzene rings is 1. The minimum Gasteiger partial charge on any atom is -0.491 e. The second kappa shape index (κ2) is 4.11. The van der Waals surface area contributed by atoms with Crippen molar-refractivity contribution >= 4 is 10.9 Å². The Morgan fingerprint density at radius 3 is 3.21 bits per heavy atom. The molecule has 2 rings (SSSR count). The summed E-state index contributed by atoms with van der Waals surface area (Å²) in [5.74, 6) is 0.841. The maximum Gasteiger partial charge on any atom is 0.144 e. The standard InChI is InChI=1S/C10H13N3O/c11-5-2-6-14-9-4-1-3-8-7-12-13-10(8)9/h1,3-4,7H,2,5-6,11H2,(H,12,13). The number of nitrogens with two attached hydrogens (primary N) is 1. The first-order valence-corrected chi connectivity index (χ1v) is 4.67. The third-order valence-corrected chi connectivity index (χ3v) is 2.04. The van der Waals surface area contributed by atoms with E-state index in [0.29, 0.717) is 13.2 Å². The summed E-state index contributed by atoms with van der Waals surface area (Å²) in [6, 6.07) is 5.88. The molecule has 3 N–H and O–H groups in total. The Bertz CT molecular complexity index is 410. The number of hydrogen-bond donors (Lipinski definition) is 2. The first-order valence-electron chi connectivity index (χ1n) is 4.67. The molecule has 0 atom stereocenters. The molecular formula is C10H13N3O. The lowest BCUT2D eigenvalue weighted by atomic mass is 10.2. The van der Waals surface area contributed by atoms with E-state index in [4.69, 9.17) is 10.5 Å². The van der Waals surface area contributed by atoms with Gasteiger partial charge in [0.1, 0.15) is 11.3 Å². The largest absolute Gasteiger partial charge is 0.491 e. The monoisotopic (exact) mass is 191 g/mol. The number of hydrogen-bond acceptors (Lipinski definition) is 3. The normalized spacial score (nSPS) is 10.6. The number of ether oxygens (including phenoxy) is 1. The third kappa shape index (κ3) is 1.70. The van der Waals surface area contributed by atoms with Gasteiger partial charge >= 0.3 is 0 Å². The smallest absolute Gasteiger partial charge is 0.144 e. The van der Waals surface area contributed by atoms with E-state index in [1.165, 1.54) is 0 Å². The van der Waals surface area contributed by atoms with Gasteiger partial charge in [-0.15, -0.1) is 0 Å². The van der Waals surface area contributed by atoms with Gasteiger partial charge in [-0.25, -0.2) is 0 Å². The van der Waals surface area contributed by atoms with Gasteiger partial charge in [0.15, 0.2) is 0 Å². The van der Waals surface area contributed by atoms with Crippen molar-refractivity contribution in [1.29, 1.82) is 0 Å². The van der Waals surface area contributed by atoms with Gasteiger partial charge in [-0.2, -0.15) is 5.10 Å². The molecule has 0 bridgehead atoms. The minimum atomic E-state index is 0.647. The predicted octanol–water partition coefficient (Wildman–Crippen LogP) is 1.29. The summed E-state index contributed by atoms with van der Waals surface area (Å²) in [4.78, 5) is 0. The van der Waals surface area contributed by atoms with Crippen LogP contribution in [-0.4, -0.2) is 23.3 Å². The molecule has 0 fully saturated rings. The first-order chi connectivity index (χ1) is 6.92. The van der Waals surface area contributed by atoms with Crippen molar-refractivity contribution in [2.24, 2.45) is 5.73 Å². The topological polar surface area (TPSA) is 63.9 Å². The Morgan fingerprint density at radius 2 is 2.36 bits per heavy atom. The van der Waals surface area contributed by atoms with Crippen LogP contribution in [0.3, 0.4) is 0 Å². The van der Waals surface area contributed by atoms with Crippen molar-refractivity contribution in [3.63, 3.8) is 0 Å². The zero-order valence-corrected chi connectivity index (χ0v) is 7.86. The van der Waals surface area contributed by atoms with Crippen LogP contribution in [0.5, 0.6) is 5.75 Å². The molecule has 0 unspecified atom stereocenters. The van der Waals surface area contributed by atoms with Crippen LogP contribution in [0.15, 0.2) is 24.4 Å². The molecule has 4 nitrogen and oxygen atoms in total. The zero-order valence-electron chi connectivity index (χ0n) is 7.86. The number of nitrogens with zero attached hydrogens (tertiary/aromatic N) is 1. The molecule has 0 aliphatic rings. The molecule has 1 aromatic carbocycles. The minimum absolute atomic E-state index is 0.647. The molecule has 0 saturated carbocycles. The fraction of sp³-hybridized carbons (Fsp3) is 0.300. The highest BCUT2D eigenvalue weighted by atomic mass is 16.5. The van der Waals surface area contributed by atoms with E-state index in [9.17, 15) is 0 Å². The second-order valence-corrected chi connectivity index (χ2v) is 3.08. The highest BCUT2D eigenvalue weighted by Gasteiger charge is 2.02. The van der Waals surface area contributed by atoms with Crippen LogP contribution in [0.25, 0.3) is 10.9 Å². The lowest BCUT2D eigenvalue weighted by molar-refractivity contribution is 0.316. The quantitative estimate of drug-likeness (QED) is 0.716. The van der Waals surface area contributed by atoms with E-state index in [1.807, 2.05) is 18.2 Å². The molecule has 74 valence electrons. The van der Waals surface area contributed by atoms with Crippen LogP contribution in [0, 0.1) is 0 Å². The predicted molar refractivity (Wildman–Crippen MR) is 55.3 cm³/mol. The number of aromatic amines is 1. The van der Waals surface area contributed by atoms with Crippen LogP contribution >= 0.6 is 0 Å². The van der Waals surface area contributed by atoms with Gasteiger partial charge in [0.25, 0.3) is 0 Å². The van der Waals surface area contributed by atoms with E-state index >= 15 is 0 Å². The Hall–Kier alpha value is -1.55. The van der Waals surface area contributed by atoms with Crippen LogP contribution in [0.1, 0.15) is 6.42 Å². The van der Waals surface area contributed by atoms with Crippen LogP contribution in [0.4, 0.5) is 0 Å². The SMILES string of the molecule is NCCCOc1cccc2cn[nH]c12. The summed E-state index contributed by atoms with van der Waals surface area (Å²) >= 11 is 0. The maximum absolute atomic E-state index is 5.57. The Labute approximate surface area is 82.1 Å². The summed E-state index contributed by atoms with van der Waals surface area (Å²) in [7, 11) is 0. The molecule has 1 aromatic heterocycles. The van der Waals surface area contributed by atoms with Gasteiger partial charge in [-0.3, -0.25) is 5.10 Å². The summed E-state index contributed by atoms with van der Waals surface area (Å²) in [5, 5.41) is 7.93. The second-order valence-electron chi connectivity index (χ2n) is 3.08. The number of para-hydroxylation sites is 1. The van der Waals surface area contributed by atoms with E-state index < -0.39 is 0 Å². The van der Waals surface area contributed by atoms with Gasteiger partial charge in [0, 0.05) is 5.39 Å². The molecule has 1 heterocycles. The molecular weight excluding hydrogens is 178 g/mol. The molecule has 0 aliphatic heterocycles. The van der Waals surface area contributed by atoms with Gasteiger partial charge in [-0.05, 0) is 19.0 Å². The Morgan fingerprint density at radius 1 is 1.43 bits per heavy atom. The lowest BCUT2D eigenvalue weighted by Gasteiger charge is -2.05. The Balaban J connectivity index is 2.19. The average Bonchev–Trinajstić information content (AvgIpc) is 2.67. The van der Waals surface area contributed by atoms with Crippen molar-refractivity contribution in [2.75, 3.05) is 13.2 Å². The van der Waals surface area contributed by atoms with E-state index in [0.717, 1.165) is 23.1 Å². The summed E-state index contributed by atoms with van der Waals surface area (Å²) in [6.45, 7) is 1.30. The summed E-state index contributed by atoms with van der Waals surface area (Å²) < 4.78 is 5.57. The highest BCUT2D eigenvalue weighted by molar-refractivity contribution is 5.83. The number of rotatable bonds is 4. The summed E-state index contributed by atoms with van der Waals surface area (Å²) in [5.41, 5.74) is 6.33. The van der Waals surface area contributed by atoms with Gasteiger partial charge < -0.3 is 10.5 Å². The molecule has 2 aromatic rings. The first kappa shape index (κ1) is 9.02. The molecule has 0 spiro atoms. The maximum atomic E-state index is 5.57. The van der Waals surface area contributed by atoms with Gasteiger partial charge in [-0.1, -0.05) is 12.1 Å². The van der Waals surface area contributed by atoms with E-state index in [-0.39, 0.29) is 0 Å². The van der Waals surface area contributed by atoms with Crippen LogP contribution in [0.2, 0.25) is 0 Å². The van der Waals surface area contributed by atoms with Crippen molar-refractivity contribution < 1.29 is 4.74 Å². The van der Waals surface area contributed by atoms with Crippen molar-refractivity contribution in [3.05, 3.63) is 24.4 Å². The summed E-state index contributed by atoms with van der Waals surface area (Å²) in [6.07, 6.45) is 2.65. The molecule has 4 heteroatoms. The zero-order chi connectivity index (χ0) is 9.80. The fourth-order valence-corrected chi connectivity index (χ4v) is 1.33. The molecule has 14 heavy (non-hydrogen) atoms. The van der Waals surface area contributed by atoms with Crippen LogP contribution < -0.4 is 10.5 Å². The van der Waals surface area contributed by atoms with Crippen LogP contribution in [-0.2, 0) is 0 Å². The number of aromatic nitrogens is 2. The van der Waals surface area contributed by atoms with Gasteiger partial charge in [0.05, 0.1) is 12.8 Å². The Kier molecular flexibility index (Phi) is 2.65. The molecule has 0 radical (unpaired) electrons. The van der Waals surface area contributed by atoms with E-state index in [2.05, 4.69) is 10.2 Å². The average molecular weight is 191 g/mol.